The minimum absolute atomic E-state index is 0.0556. The van der Waals surface area contributed by atoms with Gasteiger partial charge < -0.3 is 19.8 Å². The van der Waals surface area contributed by atoms with Gasteiger partial charge in [-0.1, -0.05) is 6.42 Å². The minimum atomic E-state index is -3.52. The molecule has 1 aliphatic heterocycles. The predicted octanol–water partition coefficient (Wildman–Crippen LogP) is 1.72. The van der Waals surface area contributed by atoms with E-state index in [0.29, 0.717) is 60.8 Å². The van der Waals surface area contributed by atoms with Crippen molar-refractivity contribution in [3.05, 3.63) is 41.9 Å². The Hall–Kier alpha value is -3.78. The topological polar surface area (TPSA) is 177 Å². The molecule has 3 aromatic heterocycles. The minimum Gasteiger partial charge on any atom is -0.454 e. The van der Waals surface area contributed by atoms with Crippen molar-refractivity contribution in [2.24, 2.45) is 5.14 Å². The number of nitrogens with one attached hydrogen (secondary N) is 1. The molecule has 0 aliphatic carbocycles. The fourth-order valence-corrected chi connectivity index (χ4v) is 4.72. The fourth-order valence-electron chi connectivity index (χ4n) is 4.11. The quantitative estimate of drug-likeness (QED) is 0.227. The Kier molecular flexibility index (Phi) is 5.98. The van der Waals surface area contributed by atoms with E-state index in [1.807, 2.05) is 18.2 Å². The molecule has 0 bridgehead atoms. The molecule has 0 saturated heterocycles. The number of aromatic amines is 1. The number of ether oxygens (including phenoxy) is 2. The van der Waals surface area contributed by atoms with E-state index in [4.69, 9.17) is 20.3 Å². The van der Waals surface area contributed by atoms with Crippen molar-refractivity contribution < 1.29 is 22.3 Å². The van der Waals surface area contributed by atoms with Crippen LogP contribution in [0.15, 0.2) is 24.4 Å². The van der Waals surface area contributed by atoms with Gasteiger partial charge in [0.2, 0.25) is 16.8 Å². The maximum Gasteiger partial charge on any atom is 0.312 e. The standard InChI is InChI=1S/C21H23FN8O4S/c22-21-27-19(23)18-20(28-21)30(6-2-1-3-7-35(24,31)32)17(26-18)9-12-8-15-16(34-11-33-15)10-13(12)14-4-5-25-29-14/h4-5,8,10H,1-3,6-7,9,11H2,(H,25,29)(H2,23,27,28)(H2,24,31,32). The van der Waals surface area contributed by atoms with Crippen LogP contribution in [-0.2, 0) is 23.0 Å². The molecule has 0 saturated carbocycles. The first kappa shape index (κ1) is 23.0. The summed E-state index contributed by atoms with van der Waals surface area (Å²) in [6.07, 6.45) is 2.73. The zero-order valence-corrected chi connectivity index (χ0v) is 19.4. The van der Waals surface area contributed by atoms with Crippen LogP contribution in [0.5, 0.6) is 11.5 Å². The van der Waals surface area contributed by atoms with Crippen LogP contribution in [0.25, 0.3) is 22.4 Å². The summed E-state index contributed by atoms with van der Waals surface area (Å²) in [4.78, 5) is 12.2. The van der Waals surface area contributed by atoms with E-state index in [2.05, 4.69) is 25.1 Å². The molecule has 35 heavy (non-hydrogen) atoms. The van der Waals surface area contributed by atoms with Crippen molar-refractivity contribution in [1.82, 2.24) is 29.7 Å². The summed E-state index contributed by atoms with van der Waals surface area (Å²) in [6.45, 7) is 0.551. The lowest BCUT2D eigenvalue weighted by Crippen LogP contribution is -2.16. The summed E-state index contributed by atoms with van der Waals surface area (Å²) < 4.78 is 49.3. The highest BCUT2D eigenvalue weighted by Crippen LogP contribution is 2.39. The van der Waals surface area contributed by atoms with Gasteiger partial charge >= 0.3 is 6.08 Å². The molecule has 5 N–H and O–H groups in total. The van der Waals surface area contributed by atoms with Gasteiger partial charge in [0.25, 0.3) is 0 Å². The molecule has 14 heteroatoms. The number of primary sulfonamides is 1. The summed E-state index contributed by atoms with van der Waals surface area (Å²) >= 11 is 0. The Morgan fingerprint density at radius 1 is 1.11 bits per heavy atom. The maximum absolute atomic E-state index is 14.0. The number of anilines is 1. The van der Waals surface area contributed by atoms with Gasteiger partial charge in [0.1, 0.15) is 5.82 Å². The lowest BCUT2D eigenvalue weighted by molar-refractivity contribution is 0.174. The average Bonchev–Trinajstić information content (AvgIpc) is 3.53. The summed E-state index contributed by atoms with van der Waals surface area (Å²) in [6, 6.07) is 5.58. The third-order valence-electron chi connectivity index (χ3n) is 5.71. The second-order valence-electron chi connectivity index (χ2n) is 8.16. The molecular weight excluding hydrogens is 479 g/mol. The third kappa shape index (κ3) is 4.88. The predicted molar refractivity (Wildman–Crippen MR) is 124 cm³/mol. The van der Waals surface area contributed by atoms with Crippen molar-refractivity contribution in [3.63, 3.8) is 0 Å². The van der Waals surface area contributed by atoms with Crippen LogP contribution in [0.3, 0.4) is 0 Å². The van der Waals surface area contributed by atoms with E-state index in [1.165, 1.54) is 0 Å². The Morgan fingerprint density at radius 3 is 2.66 bits per heavy atom. The molecule has 12 nitrogen and oxygen atoms in total. The van der Waals surface area contributed by atoms with Gasteiger partial charge in [0.15, 0.2) is 28.5 Å². The smallest absolute Gasteiger partial charge is 0.312 e. The molecule has 0 unspecified atom stereocenters. The van der Waals surface area contributed by atoms with Crippen LogP contribution in [-0.4, -0.2) is 50.7 Å². The van der Waals surface area contributed by atoms with E-state index < -0.39 is 16.1 Å². The number of aryl methyl sites for hydroxylation is 1. The first-order chi connectivity index (χ1) is 16.8. The van der Waals surface area contributed by atoms with Crippen molar-refractivity contribution in [1.29, 1.82) is 0 Å². The number of unbranched alkanes of at least 4 members (excludes halogenated alkanes) is 2. The lowest BCUT2D eigenvalue weighted by atomic mass is 10.0. The van der Waals surface area contributed by atoms with Gasteiger partial charge in [-0.2, -0.15) is 19.5 Å². The first-order valence-corrected chi connectivity index (χ1v) is 12.6. The Bertz CT molecular complexity index is 1490. The van der Waals surface area contributed by atoms with E-state index in [1.54, 1.807) is 10.8 Å². The largest absolute Gasteiger partial charge is 0.454 e. The van der Waals surface area contributed by atoms with Crippen LogP contribution in [0.1, 0.15) is 30.7 Å². The Balaban J connectivity index is 1.51. The Labute approximate surface area is 199 Å². The maximum atomic E-state index is 14.0. The number of halogens is 1. The normalized spacial score (nSPS) is 13.1. The van der Waals surface area contributed by atoms with Crippen LogP contribution in [0.4, 0.5) is 10.2 Å². The van der Waals surface area contributed by atoms with E-state index >= 15 is 0 Å². The highest BCUT2D eigenvalue weighted by Gasteiger charge is 2.22. The van der Waals surface area contributed by atoms with Crippen molar-refractivity contribution in [2.75, 3.05) is 18.3 Å². The van der Waals surface area contributed by atoms with Crippen molar-refractivity contribution in [2.45, 2.75) is 32.2 Å². The number of hydrogen-bond acceptors (Lipinski definition) is 9. The number of rotatable bonds is 9. The van der Waals surface area contributed by atoms with Gasteiger partial charge in [-0.15, -0.1) is 0 Å². The number of sulfonamides is 1. The van der Waals surface area contributed by atoms with E-state index in [0.717, 1.165) is 11.1 Å². The number of benzene rings is 1. The van der Waals surface area contributed by atoms with Crippen LogP contribution in [0, 0.1) is 6.08 Å². The molecule has 5 rings (SSSR count). The molecule has 1 aliphatic rings. The molecule has 4 aromatic rings. The fraction of sp³-hybridized carbons (Fsp3) is 0.333. The van der Waals surface area contributed by atoms with Crippen LogP contribution < -0.4 is 20.3 Å². The molecule has 0 atom stereocenters. The highest BCUT2D eigenvalue weighted by molar-refractivity contribution is 7.89. The molecule has 0 fully saturated rings. The SMILES string of the molecule is Nc1nc(F)nc2c1nc(Cc1cc3c(cc1-c1cc[nH]n1)OCO3)n2CCCCCS(N)(=O)=O. The molecule has 0 amide bonds. The Morgan fingerprint density at radius 2 is 1.91 bits per heavy atom. The van der Waals surface area contributed by atoms with Crippen LogP contribution >= 0.6 is 0 Å². The summed E-state index contributed by atoms with van der Waals surface area (Å²) in [5, 5.41) is 12.2. The van der Waals surface area contributed by atoms with Gasteiger partial charge in [0, 0.05) is 24.7 Å². The lowest BCUT2D eigenvalue weighted by Gasteiger charge is -2.12. The van der Waals surface area contributed by atoms with Crippen molar-refractivity contribution in [3.8, 4) is 22.8 Å². The summed E-state index contributed by atoms with van der Waals surface area (Å²) in [5.74, 6) is 1.66. The number of nitrogens with zero attached hydrogens (tertiary/aromatic N) is 5. The summed E-state index contributed by atoms with van der Waals surface area (Å²) in [7, 11) is -3.52. The molecular formula is C21H23FN8O4S. The van der Waals surface area contributed by atoms with Gasteiger partial charge in [0.05, 0.1) is 11.4 Å². The second kappa shape index (κ2) is 9.11. The average molecular weight is 503 g/mol. The van der Waals surface area contributed by atoms with Gasteiger partial charge in [-0.25, -0.2) is 18.5 Å². The number of fused-ring (bicyclic) bond motifs is 2. The third-order valence-corrected chi connectivity index (χ3v) is 6.57. The molecule has 1 aromatic carbocycles. The molecule has 184 valence electrons. The van der Waals surface area contributed by atoms with Crippen molar-refractivity contribution >= 4 is 27.0 Å². The van der Waals surface area contributed by atoms with Crippen LogP contribution in [0.2, 0.25) is 0 Å². The number of hydrogen-bond donors (Lipinski definition) is 3. The molecule has 0 radical (unpaired) electrons. The number of imidazole rings is 1. The highest BCUT2D eigenvalue weighted by atomic mass is 32.2. The summed E-state index contributed by atoms with van der Waals surface area (Å²) in [5.41, 5.74) is 8.92. The molecule has 4 heterocycles. The van der Waals surface area contributed by atoms with E-state index in [-0.39, 0.29) is 24.0 Å². The zero-order chi connectivity index (χ0) is 24.6. The van der Waals surface area contributed by atoms with Gasteiger partial charge in [-0.3, -0.25) is 5.10 Å². The number of H-pyrrole nitrogens is 1. The van der Waals surface area contributed by atoms with E-state index in [9.17, 15) is 12.8 Å². The molecule has 0 spiro atoms. The zero-order valence-electron chi connectivity index (χ0n) is 18.6. The van der Waals surface area contributed by atoms with Gasteiger partial charge in [-0.05, 0) is 36.6 Å². The number of nitrogens with two attached hydrogens (primary N) is 2. The number of aromatic nitrogens is 6. The number of nitrogen functional groups attached to an aromatic ring is 1. The second-order valence-corrected chi connectivity index (χ2v) is 9.89. The monoisotopic (exact) mass is 502 g/mol. The first-order valence-electron chi connectivity index (χ1n) is 10.9.